The molecule has 0 spiro atoms. The molecule has 1 aromatic heterocycles. The van der Waals surface area contributed by atoms with Crippen LogP contribution in [-0.2, 0) is 10.0 Å². The first-order valence-electron chi connectivity index (χ1n) is 7.37. The number of nitrogens with zero attached hydrogens (tertiary/aromatic N) is 1. The number of hydrogen-bond donors (Lipinski definition) is 1. The molecule has 1 unspecified atom stereocenters. The van der Waals surface area contributed by atoms with Crippen LogP contribution in [0.4, 0.5) is 0 Å². The molecule has 3 aromatic rings. The predicted molar refractivity (Wildman–Crippen MR) is 90.9 cm³/mol. The van der Waals surface area contributed by atoms with E-state index < -0.39 is 10.0 Å². The quantitative estimate of drug-likeness (QED) is 0.780. The van der Waals surface area contributed by atoms with Gasteiger partial charge in [0.2, 0.25) is 10.0 Å². The number of aromatic nitrogens is 1. The van der Waals surface area contributed by atoms with Gasteiger partial charge in [0.25, 0.3) is 0 Å². The molecule has 1 atom stereocenters. The van der Waals surface area contributed by atoms with E-state index in [9.17, 15) is 8.42 Å². The van der Waals surface area contributed by atoms with Gasteiger partial charge in [-0.2, -0.15) is 0 Å². The van der Waals surface area contributed by atoms with Gasteiger partial charge in [-0.3, -0.25) is 0 Å². The van der Waals surface area contributed by atoms with E-state index in [-0.39, 0.29) is 10.9 Å². The topological polar surface area (TPSA) is 51.1 Å². The van der Waals surface area contributed by atoms with E-state index in [2.05, 4.69) is 4.72 Å². The van der Waals surface area contributed by atoms with Crippen LogP contribution in [0.1, 0.15) is 18.5 Å². The maximum Gasteiger partial charge on any atom is 0.241 e. The van der Waals surface area contributed by atoms with Crippen LogP contribution in [0.25, 0.3) is 5.69 Å². The lowest BCUT2D eigenvalue weighted by Crippen LogP contribution is -2.26. The first-order valence-corrected chi connectivity index (χ1v) is 8.85. The molecular formula is C18H18N2O2S. The van der Waals surface area contributed by atoms with E-state index >= 15 is 0 Å². The van der Waals surface area contributed by atoms with Crippen LogP contribution in [0, 0.1) is 0 Å². The van der Waals surface area contributed by atoms with Gasteiger partial charge in [0.15, 0.2) is 0 Å². The van der Waals surface area contributed by atoms with Gasteiger partial charge in [-0.15, -0.1) is 0 Å². The van der Waals surface area contributed by atoms with Crippen molar-refractivity contribution in [2.24, 2.45) is 0 Å². The highest BCUT2D eigenvalue weighted by atomic mass is 32.2. The van der Waals surface area contributed by atoms with Gasteiger partial charge in [-0.1, -0.05) is 30.3 Å². The Hall–Kier alpha value is -2.37. The van der Waals surface area contributed by atoms with Gasteiger partial charge in [0, 0.05) is 24.1 Å². The van der Waals surface area contributed by atoms with E-state index in [0.29, 0.717) is 0 Å². The standard InChI is InChI=1S/C18H18N2O2S/c1-15(19-23(21,22)18-7-3-2-4-8-18)16-9-11-17(12-10-16)20-13-5-6-14-20/h2-15,19H,1H3. The number of hydrogen-bond acceptors (Lipinski definition) is 2. The van der Waals surface area contributed by atoms with Crippen molar-refractivity contribution in [3.8, 4) is 5.69 Å². The van der Waals surface area contributed by atoms with Crippen molar-refractivity contribution in [1.82, 2.24) is 9.29 Å². The third-order valence-corrected chi connectivity index (χ3v) is 5.24. The van der Waals surface area contributed by atoms with Crippen molar-refractivity contribution in [2.75, 3.05) is 0 Å². The third-order valence-electron chi connectivity index (χ3n) is 3.68. The van der Waals surface area contributed by atoms with Crippen molar-refractivity contribution in [2.45, 2.75) is 17.9 Å². The summed E-state index contributed by atoms with van der Waals surface area (Å²) in [5, 5.41) is 0. The molecule has 3 rings (SSSR count). The molecule has 4 nitrogen and oxygen atoms in total. The van der Waals surface area contributed by atoms with E-state index in [4.69, 9.17) is 0 Å². The van der Waals surface area contributed by atoms with E-state index in [0.717, 1.165) is 11.3 Å². The molecule has 1 N–H and O–H groups in total. The maximum atomic E-state index is 12.4. The molecule has 118 valence electrons. The Morgan fingerprint density at radius 2 is 1.48 bits per heavy atom. The second-order valence-corrected chi connectivity index (χ2v) is 7.05. The molecule has 0 fully saturated rings. The summed E-state index contributed by atoms with van der Waals surface area (Å²) in [4.78, 5) is 0.274. The van der Waals surface area contributed by atoms with Crippen molar-refractivity contribution < 1.29 is 8.42 Å². The summed E-state index contributed by atoms with van der Waals surface area (Å²) < 4.78 is 29.4. The minimum absolute atomic E-state index is 0.274. The van der Waals surface area contributed by atoms with E-state index in [1.54, 1.807) is 30.3 Å². The number of sulfonamides is 1. The van der Waals surface area contributed by atoms with Crippen LogP contribution in [0.2, 0.25) is 0 Å². The van der Waals surface area contributed by atoms with Gasteiger partial charge in [0.05, 0.1) is 4.90 Å². The minimum atomic E-state index is -3.52. The largest absolute Gasteiger partial charge is 0.324 e. The Balaban J connectivity index is 1.77. The Morgan fingerprint density at radius 1 is 0.870 bits per heavy atom. The fourth-order valence-electron chi connectivity index (χ4n) is 2.41. The lowest BCUT2D eigenvalue weighted by molar-refractivity contribution is 0.567. The first-order chi connectivity index (χ1) is 11.1. The Morgan fingerprint density at radius 3 is 2.09 bits per heavy atom. The number of rotatable bonds is 5. The summed E-state index contributed by atoms with van der Waals surface area (Å²) in [5.41, 5.74) is 1.96. The normalized spacial score (nSPS) is 12.9. The van der Waals surface area contributed by atoms with Gasteiger partial charge in [0.1, 0.15) is 0 Å². The predicted octanol–water partition coefficient (Wildman–Crippen LogP) is 3.52. The lowest BCUT2D eigenvalue weighted by atomic mass is 10.1. The van der Waals surface area contributed by atoms with E-state index in [1.807, 2.05) is 60.3 Å². The minimum Gasteiger partial charge on any atom is -0.324 e. The molecule has 2 aromatic carbocycles. The Kier molecular flexibility index (Phi) is 4.32. The van der Waals surface area contributed by atoms with Crippen LogP contribution in [0.15, 0.2) is 84.0 Å². The summed E-state index contributed by atoms with van der Waals surface area (Å²) in [6.45, 7) is 1.84. The van der Waals surface area contributed by atoms with Gasteiger partial charge >= 0.3 is 0 Å². The Bertz CT molecular complexity index is 855. The first kappa shape index (κ1) is 15.5. The van der Waals surface area contributed by atoms with Crippen LogP contribution in [0.3, 0.4) is 0 Å². The highest BCUT2D eigenvalue weighted by Gasteiger charge is 2.17. The molecule has 23 heavy (non-hydrogen) atoms. The summed E-state index contributed by atoms with van der Waals surface area (Å²) in [6.07, 6.45) is 3.94. The average Bonchev–Trinajstić information content (AvgIpc) is 3.10. The highest BCUT2D eigenvalue weighted by Crippen LogP contribution is 2.18. The monoisotopic (exact) mass is 326 g/mol. The van der Waals surface area contributed by atoms with Crippen molar-refractivity contribution >= 4 is 10.0 Å². The molecule has 0 saturated carbocycles. The molecule has 1 heterocycles. The molecule has 0 aliphatic rings. The average molecular weight is 326 g/mol. The zero-order valence-electron chi connectivity index (χ0n) is 12.8. The van der Waals surface area contributed by atoms with Crippen LogP contribution < -0.4 is 4.72 Å². The third kappa shape index (κ3) is 3.52. The molecular weight excluding hydrogens is 308 g/mol. The van der Waals surface area contributed by atoms with Crippen LogP contribution in [0.5, 0.6) is 0 Å². The fraction of sp³-hybridized carbons (Fsp3) is 0.111. The molecule has 0 bridgehead atoms. The zero-order valence-corrected chi connectivity index (χ0v) is 13.6. The molecule has 0 amide bonds. The lowest BCUT2D eigenvalue weighted by Gasteiger charge is -2.15. The second-order valence-electron chi connectivity index (χ2n) is 5.34. The SMILES string of the molecule is CC(NS(=O)(=O)c1ccccc1)c1ccc(-n2cccc2)cc1. The number of benzene rings is 2. The summed E-state index contributed by atoms with van der Waals surface area (Å²) >= 11 is 0. The highest BCUT2D eigenvalue weighted by molar-refractivity contribution is 7.89. The summed E-state index contributed by atoms with van der Waals surface area (Å²) in [7, 11) is -3.52. The van der Waals surface area contributed by atoms with Crippen molar-refractivity contribution in [1.29, 1.82) is 0 Å². The molecule has 0 aliphatic carbocycles. The van der Waals surface area contributed by atoms with Crippen LogP contribution in [-0.4, -0.2) is 13.0 Å². The van der Waals surface area contributed by atoms with Crippen molar-refractivity contribution in [3.05, 3.63) is 84.7 Å². The van der Waals surface area contributed by atoms with Gasteiger partial charge in [-0.05, 0) is 48.9 Å². The van der Waals surface area contributed by atoms with Crippen molar-refractivity contribution in [3.63, 3.8) is 0 Å². The maximum absolute atomic E-state index is 12.4. The van der Waals surface area contributed by atoms with E-state index in [1.165, 1.54) is 0 Å². The summed E-state index contributed by atoms with van der Waals surface area (Å²) in [5.74, 6) is 0. The van der Waals surface area contributed by atoms with Gasteiger partial charge < -0.3 is 4.57 Å². The molecule has 0 saturated heterocycles. The molecule has 0 aliphatic heterocycles. The fourth-order valence-corrected chi connectivity index (χ4v) is 3.66. The molecule has 5 heteroatoms. The second kappa shape index (κ2) is 6.40. The van der Waals surface area contributed by atoms with Gasteiger partial charge in [-0.25, -0.2) is 13.1 Å². The smallest absolute Gasteiger partial charge is 0.241 e. The Labute approximate surface area is 136 Å². The molecule has 0 radical (unpaired) electrons. The van der Waals surface area contributed by atoms with Crippen LogP contribution >= 0.6 is 0 Å². The zero-order chi connectivity index (χ0) is 16.3. The summed E-state index contributed by atoms with van der Waals surface area (Å²) in [6, 6.07) is 19.8. The number of nitrogens with one attached hydrogen (secondary N) is 1.